The molecule has 1 aliphatic rings. The highest BCUT2D eigenvalue weighted by atomic mass is 19.1. The minimum Gasteiger partial charge on any atom is -0.349 e. The summed E-state index contributed by atoms with van der Waals surface area (Å²) in [6.45, 7) is 3.44. The normalized spacial score (nSPS) is 16.1. The van der Waals surface area contributed by atoms with Crippen molar-refractivity contribution in [3.63, 3.8) is 0 Å². The van der Waals surface area contributed by atoms with Gasteiger partial charge < -0.3 is 5.32 Å². The maximum Gasteiger partial charge on any atom is 0.257 e. The largest absolute Gasteiger partial charge is 0.349 e. The predicted octanol–water partition coefficient (Wildman–Crippen LogP) is 3.67. The van der Waals surface area contributed by atoms with E-state index in [9.17, 15) is 13.6 Å². The first-order valence-electron chi connectivity index (χ1n) is 6.54. The van der Waals surface area contributed by atoms with E-state index in [0.29, 0.717) is 0 Å². The Balaban J connectivity index is 2.20. The van der Waals surface area contributed by atoms with E-state index in [1.54, 1.807) is 0 Å². The maximum atomic E-state index is 14.0. The van der Waals surface area contributed by atoms with Gasteiger partial charge in [-0.1, -0.05) is 31.9 Å². The smallest absolute Gasteiger partial charge is 0.257 e. The fraction of sp³-hybridized carbons (Fsp3) is 0.400. The van der Waals surface area contributed by atoms with Crippen LogP contribution in [-0.2, 0) is 0 Å². The van der Waals surface area contributed by atoms with Gasteiger partial charge in [-0.15, -0.1) is 0 Å². The van der Waals surface area contributed by atoms with Gasteiger partial charge in [0.15, 0.2) is 0 Å². The first kappa shape index (κ1) is 13.7. The first-order chi connectivity index (χ1) is 9.13. The molecule has 0 saturated heterocycles. The molecule has 1 aliphatic carbocycles. The third kappa shape index (κ3) is 3.00. The van der Waals surface area contributed by atoms with Gasteiger partial charge in [0.1, 0.15) is 17.2 Å². The lowest BCUT2D eigenvalue weighted by Crippen LogP contribution is -2.37. The molecule has 0 heterocycles. The molecule has 0 radical (unpaired) electrons. The second kappa shape index (κ2) is 5.95. The molecule has 1 N–H and O–H groups in total. The number of halogens is 2. The topological polar surface area (TPSA) is 29.1 Å². The number of nitrogens with one attached hydrogen (secondary N) is 1. The minimum absolute atomic E-state index is 0.0208. The van der Waals surface area contributed by atoms with E-state index in [2.05, 4.69) is 11.9 Å². The van der Waals surface area contributed by atoms with Crippen molar-refractivity contribution in [1.29, 1.82) is 0 Å². The van der Waals surface area contributed by atoms with Crippen LogP contribution in [0.5, 0.6) is 0 Å². The van der Waals surface area contributed by atoms with Crippen LogP contribution in [0.2, 0.25) is 0 Å². The summed E-state index contributed by atoms with van der Waals surface area (Å²) in [5.74, 6) is -2.36. The van der Waals surface area contributed by atoms with Crippen LogP contribution >= 0.6 is 0 Å². The van der Waals surface area contributed by atoms with E-state index in [-0.39, 0.29) is 11.6 Å². The summed E-state index contributed by atoms with van der Waals surface area (Å²) >= 11 is 0. The molecule has 1 saturated carbocycles. The SMILES string of the molecule is C=Cc1ccc(F)c(C(=O)NC2CCCCC2)c1F. The van der Waals surface area contributed by atoms with E-state index in [1.165, 1.54) is 12.1 Å². The number of hydrogen-bond acceptors (Lipinski definition) is 1. The van der Waals surface area contributed by atoms with Crippen molar-refractivity contribution in [1.82, 2.24) is 5.32 Å². The first-order valence-corrected chi connectivity index (χ1v) is 6.54. The molecule has 1 amide bonds. The molecule has 0 aliphatic heterocycles. The van der Waals surface area contributed by atoms with E-state index < -0.39 is 23.1 Å². The molecule has 0 aromatic heterocycles. The fourth-order valence-corrected chi connectivity index (χ4v) is 2.44. The molecule has 19 heavy (non-hydrogen) atoms. The van der Waals surface area contributed by atoms with Crippen LogP contribution in [0.1, 0.15) is 48.0 Å². The number of hydrogen-bond donors (Lipinski definition) is 1. The van der Waals surface area contributed by atoms with Crippen LogP contribution in [-0.4, -0.2) is 11.9 Å². The average molecular weight is 265 g/mol. The van der Waals surface area contributed by atoms with E-state index in [4.69, 9.17) is 0 Å². The molecular formula is C15H17F2NO. The van der Waals surface area contributed by atoms with E-state index in [1.807, 2.05) is 0 Å². The van der Waals surface area contributed by atoms with Gasteiger partial charge in [0.25, 0.3) is 5.91 Å². The fourth-order valence-electron chi connectivity index (χ4n) is 2.44. The van der Waals surface area contributed by atoms with Gasteiger partial charge in [-0.3, -0.25) is 4.79 Å². The number of amides is 1. The Kier molecular flexibility index (Phi) is 4.30. The van der Waals surface area contributed by atoms with Crippen LogP contribution < -0.4 is 5.32 Å². The molecular weight excluding hydrogens is 248 g/mol. The maximum absolute atomic E-state index is 14.0. The molecule has 2 rings (SSSR count). The van der Waals surface area contributed by atoms with Gasteiger partial charge in [-0.05, 0) is 25.0 Å². The second-order valence-electron chi connectivity index (χ2n) is 4.84. The summed E-state index contributed by atoms with van der Waals surface area (Å²) in [7, 11) is 0. The highest BCUT2D eigenvalue weighted by Crippen LogP contribution is 2.21. The van der Waals surface area contributed by atoms with Gasteiger partial charge in [0.2, 0.25) is 0 Å². The third-order valence-electron chi connectivity index (χ3n) is 3.51. The zero-order valence-electron chi connectivity index (χ0n) is 10.7. The van der Waals surface area contributed by atoms with Crippen molar-refractivity contribution in [2.24, 2.45) is 0 Å². The van der Waals surface area contributed by atoms with Crippen LogP contribution in [0.15, 0.2) is 18.7 Å². The minimum atomic E-state index is -0.844. The van der Waals surface area contributed by atoms with Gasteiger partial charge in [0, 0.05) is 11.6 Å². The van der Waals surface area contributed by atoms with E-state index >= 15 is 0 Å². The number of benzene rings is 1. The molecule has 2 nitrogen and oxygen atoms in total. The molecule has 4 heteroatoms. The lowest BCUT2D eigenvalue weighted by molar-refractivity contribution is 0.0919. The van der Waals surface area contributed by atoms with Gasteiger partial charge in [-0.2, -0.15) is 0 Å². The Hall–Kier alpha value is -1.71. The van der Waals surface area contributed by atoms with Crippen molar-refractivity contribution < 1.29 is 13.6 Å². The molecule has 1 aromatic rings. The van der Waals surface area contributed by atoms with E-state index in [0.717, 1.165) is 38.2 Å². The van der Waals surface area contributed by atoms with Crippen molar-refractivity contribution in [2.75, 3.05) is 0 Å². The summed E-state index contributed by atoms with van der Waals surface area (Å²) < 4.78 is 27.6. The molecule has 1 fully saturated rings. The van der Waals surface area contributed by atoms with Gasteiger partial charge >= 0.3 is 0 Å². The zero-order chi connectivity index (χ0) is 13.8. The molecule has 102 valence electrons. The van der Waals surface area contributed by atoms with Crippen molar-refractivity contribution in [2.45, 2.75) is 38.1 Å². The van der Waals surface area contributed by atoms with Crippen LogP contribution in [0.25, 0.3) is 6.08 Å². The molecule has 0 unspecified atom stereocenters. The van der Waals surface area contributed by atoms with Gasteiger partial charge in [0.05, 0.1) is 0 Å². The Morgan fingerprint density at radius 1 is 1.26 bits per heavy atom. The monoisotopic (exact) mass is 265 g/mol. The summed E-state index contributed by atoms with van der Waals surface area (Å²) in [5.41, 5.74) is -0.377. The molecule has 0 atom stereocenters. The van der Waals surface area contributed by atoms with Crippen LogP contribution in [0.4, 0.5) is 8.78 Å². The summed E-state index contributed by atoms with van der Waals surface area (Å²) in [6.07, 6.45) is 6.25. The lowest BCUT2D eigenvalue weighted by Gasteiger charge is -2.23. The molecule has 1 aromatic carbocycles. The Labute approximate surface area is 111 Å². The van der Waals surface area contributed by atoms with Crippen LogP contribution in [0, 0.1) is 11.6 Å². The quantitative estimate of drug-likeness (QED) is 0.887. The van der Waals surface area contributed by atoms with Crippen LogP contribution in [0.3, 0.4) is 0 Å². The third-order valence-corrected chi connectivity index (χ3v) is 3.51. The summed E-state index contributed by atoms with van der Waals surface area (Å²) in [5, 5.41) is 2.71. The predicted molar refractivity (Wildman–Crippen MR) is 70.8 cm³/mol. The average Bonchev–Trinajstić information content (AvgIpc) is 2.40. The number of rotatable bonds is 3. The van der Waals surface area contributed by atoms with Crippen molar-refractivity contribution >= 4 is 12.0 Å². The lowest BCUT2D eigenvalue weighted by atomic mass is 9.95. The van der Waals surface area contributed by atoms with Gasteiger partial charge in [-0.25, -0.2) is 8.78 Å². The highest BCUT2D eigenvalue weighted by Gasteiger charge is 2.23. The Bertz CT molecular complexity index is 493. The Morgan fingerprint density at radius 3 is 2.58 bits per heavy atom. The molecule has 0 bridgehead atoms. The second-order valence-corrected chi connectivity index (χ2v) is 4.84. The standard InChI is InChI=1S/C15H17F2NO/c1-2-10-8-9-12(16)13(14(10)17)15(19)18-11-6-4-3-5-7-11/h2,8-9,11H,1,3-7H2,(H,18,19). The summed E-state index contributed by atoms with van der Waals surface area (Å²) in [6, 6.07) is 2.39. The summed E-state index contributed by atoms with van der Waals surface area (Å²) in [4.78, 5) is 12.0. The Morgan fingerprint density at radius 2 is 1.95 bits per heavy atom. The molecule has 0 spiro atoms. The number of carbonyl (C=O) groups is 1. The van der Waals surface area contributed by atoms with Crippen molar-refractivity contribution in [3.8, 4) is 0 Å². The number of carbonyl (C=O) groups excluding carboxylic acids is 1. The highest BCUT2D eigenvalue weighted by molar-refractivity contribution is 5.95. The van der Waals surface area contributed by atoms with Crippen molar-refractivity contribution in [3.05, 3.63) is 41.5 Å². The zero-order valence-corrected chi connectivity index (χ0v) is 10.7.